The molecule has 0 atom stereocenters. The third-order valence-corrected chi connectivity index (χ3v) is 1.97. The van der Waals surface area contributed by atoms with Crippen LogP contribution in [0.3, 0.4) is 0 Å². The van der Waals surface area contributed by atoms with Crippen molar-refractivity contribution in [2.45, 2.75) is 39.4 Å². The quantitative estimate of drug-likeness (QED) is 0.762. The summed E-state index contributed by atoms with van der Waals surface area (Å²) in [5.41, 5.74) is -0.792. The molecule has 0 aliphatic heterocycles. The largest absolute Gasteiger partial charge is 0.437 e. The summed E-state index contributed by atoms with van der Waals surface area (Å²) < 4.78 is 38.1. The van der Waals surface area contributed by atoms with Gasteiger partial charge in [0, 0.05) is 6.54 Å². The monoisotopic (exact) mass is 207 g/mol. The molecule has 0 aromatic carbocycles. The van der Waals surface area contributed by atoms with E-state index in [2.05, 4.69) is 10.3 Å². The van der Waals surface area contributed by atoms with Crippen molar-refractivity contribution in [3.05, 3.63) is 11.4 Å². The van der Waals surface area contributed by atoms with Crippen LogP contribution in [-0.4, -0.2) is 15.0 Å². The number of aromatic nitrogens is 3. The normalized spacial score (nSPS) is 12.1. The highest BCUT2D eigenvalue weighted by Gasteiger charge is 2.36. The van der Waals surface area contributed by atoms with Crippen LogP contribution in [0.5, 0.6) is 0 Å². The molecule has 0 radical (unpaired) electrons. The number of halogens is 3. The second kappa shape index (κ2) is 3.98. The first-order valence-electron chi connectivity index (χ1n) is 4.44. The second-order valence-electron chi connectivity index (χ2n) is 3.10. The predicted octanol–water partition coefficient (Wildman–Crippen LogP) is 2.41. The average molecular weight is 207 g/mol. The Morgan fingerprint density at radius 1 is 1.36 bits per heavy atom. The Hall–Kier alpha value is -1.07. The molecule has 1 aromatic heterocycles. The maximum atomic E-state index is 12.3. The van der Waals surface area contributed by atoms with Crippen LogP contribution in [0.25, 0.3) is 0 Å². The fourth-order valence-corrected chi connectivity index (χ4v) is 1.14. The summed E-state index contributed by atoms with van der Waals surface area (Å²) in [6, 6.07) is 0. The molecule has 0 saturated carbocycles. The maximum Gasteiger partial charge on any atom is 0.437 e. The van der Waals surface area contributed by atoms with Gasteiger partial charge >= 0.3 is 6.18 Å². The summed E-state index contributed by atoms with van der Waals surface area (Å²) in [7, 11) is 0. The van der Waals surface area contributed by atoms with Crippen LogP contribution in [-0.2, 0) is 12.7 Å². The highest BCUT2D eigenvalue weighted by molar-refractivity contribution is 5.11. The zero-order chi connectivity index (χ0) is 10.8. The Bertz CT molecular complexity index is 303. The van der Waals surface area contributed by atoms with Crippen molar-refractivity contribution >= 4 is 0 Å². The molecule has 6 heteroatoms. The van der Waals surface area contributed by atoms with Crippen LogP contribution >= 0.6 is 0 Å². The summed E-state index contributed by atoms with van der Waals surface area (Å²) in [6.45, 7) is 3.85. The van der Waals surface area contributed by atoms with Crippen LogP contribution in [0.15, 0.2) is 0 Å². The number of aryl methyl sites for hydroxylation is 1. The molecule has 0 amide bonds. The van der Waals surface area contributed by atoms with Gasteiger partial charge in [0.2, 0.25) is 0 Å². The summed E-state index contributed by atoms with van der Waals surface area (Å²) in [5, 5.41) is 6.59. The van der Waals surface area contributed by atoms with Gasteiger partial charge < -0.3 is 0 Å². The van der Waals surface area contributed by atoms with Crippen LogP contribution in [0, 0.1) is 6.92 Å². The first-order valence-corrected chi connectivity index (χ1v) is 4.44. The van der Waals surface area contributed by atoms with E-state index in [0.717, 1.165) is 12.8 Å². The molecular weight excluding hydrogens is 195 g/mol. The zero-order valence-electron chi connectivity index (χ0n) is 8.10. The van der Waals surface area contributed by atoms with E-state index in [4.69, 9.17) is 0 Å². The van der Waals surface area contributed by atoms with Crippen molar-refractivity contribution < 1.29 is 13.2 Å². The van der Waals surface area contributed by atoms with Gasteiger partial charge in [0.1, 0.15) is 0 Å². The first kappa shape index (κ1) is 11.0. The molecule has 0 bridgehead atoms. The van der Waals surface area contributed by atoms with Crippen molar-refractivity contribution in [3.63, 3.8) is 0 Å². The molecule has 0 aliphatic carbocycles. The number of rotatable bonds is 3. The van der Waals surface area contributed by atoms with Gasteiger partial charge in [-0.3, -0.25) is 0 Å². The van der Waals surface area contributed by atoms with Gasteiger partial charge in [-0.1, -0.05) is 18.6 Å². The Balaban J connectivity index is 2.86. The van der Waals surface area contributed by atoms with Crippen LogP contribution in [0.4, 0.5) is 13.2 Å². The second-order valence-corrected chi connectivity index (χ2v) is 3.10. The van der Waals surface area contributed by atoms with Crippen molar-refractivity contribution in [3.8, 4) is 0 Å². The van der Waals surface area contributed by atoms with E-state index in [1.807, 2.05) is 6.92 Å². The lowest BCUT2D eigenvalue weighted by Gasteiger charge is -2.04. The maximum absolute atomic E-state index is 12.3. The van der Waals surface area contributed by atoms with Gasteiger partial charge in [0.15, 0.2) is 5.69 Å². The van der Waals surface area contributed by atoms with E-state index in [-0.39, 0.29) is 5.69 Å². The lowest BCUT2D eigenvalue weighted by atomic mass is 10.3. The number of unbranched alkanes of at least 4 members (excludes halogenated alkanes) is 1. The highest BCUT2D eigenvalue weighted by Crippen LogP contribution is 2.29. The van der Waals surface area contributed by atoms with E-state index in [1.165, 1.54) is 11.6 Å². The molecule has 0 aliphatic rings. The van der Waals surface area contributed by atoms with Gasteiger partial charge in [-0.05, 0) is 13.3 Å². The molecule has 0 fully saturated rings. The summed E-state index contributed by atoms with van der Waals surface area (Å²) in [6.07, 6.45) is -2.67. The van der Waals surface area contributed by atoms with Crippen molar-refractivity contribution in [1.29, 1.82) is 0 Å². The molecule has 0 unspecified atom stereocenters. The van der Waals surface area contributed by atoms with Gasteiger partial charge in [0.25, 0.3) is 0 Å². The van der Waals surface area contributed by atoms with Gasteiger partial charge in [0.05, 0.1) is 5.69 Å². The number of hydrogen-bond donors (Lipinski definition) is 0. The highest BCUT2D eigenvalue weighted by atomic mass is 19.4. The van der Waals surface area contributed by atoms with Crippen molar-refractivity contribution in [1.82, 2.24) is 15.0 Å². The van der Waals surface area contributed by atoms with Gasteiger partial charge in [-0.2, -0.15) is 13.2 Å². The molecular formula is C8H12F3N3. The molecule has 3 nitrogen and oxygen atoms in total. The lowest BCUT2D eigenvalue weighted by molar-refractivity contribution is -0.141. The van der Waals surface area contributed by atoms with Crippen LogP contribution in [0.2, 0.25) is 0 Å². The van der Waals surface area contributed by atoms with E-state index in [1.54, 1.807) is 0 Å². The molecule has 1 aromatic rings. The first-order chi connectivity index (χ1) is 6.46. The SMILES string of the molecule is CCCCn1nnc(C(F)(F)F)c1C. The standard InChI is InChI=1S/C8H12F3N3/c1-3-4-5-14-6(2)7(12-13-14)8(9,10)11/h3-5H2,1-2H3. The lowest BCUT2D eigenvalue weighted by Crippen LogP contribution is -2.09. The molecule has 80 valence electrons. The predicted molar refractivity (Wildman–Crippen MR) is 44.7 cm³/mol. The van der Waals surface area contributed by atoms with Gasteiger partial charge in [-0.25, -0.2) is 4.68 Å². The average Bonchev–Trinajstić information content (AvgIpc) is 2.42. The Kier molecular flexibility index (Phi) is 3.13. The number of nitrogens with zero attached hydrogens (tertiary/aromatic N) is 3. The van der Waals surface area contributed by atoms with E-state index >= 15 is 0 Å². The Morgan fingerprint density at radius 2 is 2.00 bits per heavy atom. The topological polar surface area (TPSA) is 30.7 Å². The fraction of sp³-hybridized carbons (Fsp3) is 0.750. The third kappa shape index (κ3) is 2.24. The Labute approximate surface area is 79.9 Å². The zero-order valence-corrected chi connectivity index (χ0v) is 8.10. The summed E-state index contributed by atoms with van der Waals surface area (Å²) in [4.78, 5) is 0. The summed E-state index contributed by atoms with van der Waals surface area (Å²) >= 11 is 0. The molecule has 0 spiro atoms. The van der Waals surface area contributed by atoms with Crippen LogP contribution in [0.1, 0.15) is 31.2 Å². The minimum atomic E-state index is -4.39. The Morgan fingerprint density at radius 3 is 2.43 bits per heavy atom. The summed E-state index contributed by atoms with van der Waals surface area (Å²) in [5.74, 6) is 0. The molecule has 14 heavy (non-hydrogen) atoms. The number of alkyl halides is 3. The molecule has 0 N–H and O–H groups in total. The third-order valence-electron chi connectivity index (χ3n) is 1.97. The minimum absolute atomic E-state index is 0.0888. The number of hydrogen-bond acceptors (Lipinski definition) is 2. The molecule has 0 saturated heterocycles. The fourth-order valence-electron chi connectivity index (χ4n) is 1.14. The van der Waals surface area contributed by atoms with Crippen molar-refractivity contribution in [2.75, 3.05) is 0 Å². The van der Waals surface area contributed by atoms with Crippen molar-refractivity contribution in [2.24, 2.45) is 0 Å². The van der Waals surface area contributed by atoms with E-state index in [0.29, 0.717) is 6.54 Å². The van der Waals surface area contributed by atoms with Crippen LogP contribution < -0.4 is 0 Å². The molecule has 1 heterocycles. The van der Waals surface area contributed by atoms with E-state index < -0.39 is 11.9 Å². The minimum Gasteiger partial charge on any atom is -0.249 e. The van der Waals surface area contributed by atoms with E-state index in [9.17, 15) is 13.2 Å². The smallest absolute Gasteiger partial charge is 0.249 e. The van der Waals surface area contributed by atoms with Gasteiger partial charge in [-0.15, -0.1) is 5.10 Å². The molecule has 1 rings (SSSR count).